The van der Waals surface area contributed by atoms with Gasteiger partial charge in [-0.1, -0.05) is 39.4 Å². The molecule has 0 aliphatic heterocycles. The molecule has 0 saturated carbocycles. The number of rotatable bonds is 2. The molecule has 72 valence electrons. The molecule has 0 saturated heterocycles. The second-order valence-corrected chi connectivity index (χ2v) is 5.48. The molecule has 1 aromatic carbocycles. The Kier molecular flexibility index (Phi) is 3.10. The Labute approximate surface area is 99.1 Å². The van der Waals surface area contributed by atoms with Crippen molar-refractivity contribution in [3.05, 3.63) is 43.3 Å². The van der Waals surface area contributed by atoms with Crippen LogP contribution in [0.25, 0.3) is 0 Å². The summed E-state index contributed by atoms with van der Waals surface area (Å²) in [5.74, 6) is 0. The Morgan fingerprint density at radius 2 is 2.07 bits per heavy atom. The summed E-state index contributed by atoms with van der Waals surface area (Å²) in [6.07, 6.45) is 0.838. The third kappa shape index (κ3) is 2.50. The highest BCUT2D eigenvalue weighted by molar-refractivity contribution is 9.10. The van der Waals surface area contributed by atoms with Gasteiger partial charge in [-0.3, -0.25) is 5.10 Å². The van der Waals surface area contributed by atoms with E-state index < -0.39 is 0 Å². The Balaban J connectivity index is 2.19. The van der Waals surface area contributed by atoms with Gasteiger partial charge in [-0.2, -0.15) is 5.10 Å². The molecule has 0 amide bonds. The van der Waals surface area contributed by atoms with Crippen molar-refractivity contribution in [3.63, 3.8) is 0 Å². The van der Waals surface area contributed by atoms with Crippen molar-refractivity contribution in [2.45, 2.75) is 6.42 Å². The van der Waals surface area contributed by atoms with Crippen molar-refractivity contribution in [1.82, 2.24) is 10.2 Å². The van der Waals surface area contributed by atoms with Crippen LogP contribution < -0.4 is 0 Å². The van der Waals surface area contributed by atoms with Crippen molar-refractivity contribution in [3.8, 4) is 0 Å². The Morgan fingerprint density at radius 3 is 2.64 bits per heavy atom. The maximum atomic E-state index is 4.96. The van der Waals surface area contributed by atoms with Crippen molar-refractivity contribution in [2.24, 2.45) is 0 Å². The number of nitrogens with zero attached hydrogens (tertiary/aromatic N) is 1. The summed E-state index contributed by atoms with van der Waals surface area (Å²) in [6, 6.07) is 8.21. The SMILES string of the molecule is S=c1[nH]nc(Cc2ccc(Br)cc2)s1. The van der Waals surface area contributed by atoms with Crippen LogP contribution in [0, 0.1) is 3.95 Å². The average Bonchev–Trinajstić information content (AvgIpc) is 2.56. The highest BCUT2D eigenvalue weighted by Crippen LogP contribution is 2.15. The van der Waals surface area contributed by atoms with E-state index in [2.05, 4.69) is 38.3 Å². The van der Waals surface area contributed by atoms with E-state index in [0.717, 1.165) is 19.9 Å². The molecule has 5 heteroatoms. The quantitative estimate of drug-likeness (QED) is 0.856. The highest BCUT2D eigenvalue weighted by atomic mass is 79.9. The first-order valence-electron chi connectivity index (χ1n) is 4.03. The fourth-order valence-corrected chi connectivity index (χ4v) is 2.35. The summed E-state index contributed by atoms with van der Waals surface area (Å²) in [5, 5.41) is 7.91. The maximum Gasteiger partial charge on any atom is 0.176 e. The van der Waals surface area contributed by atoms with E-state index in [1.54, 1.807) is 0 Å². The lowest BCUT2D eigenvalue weighted by Gasteiger charge is -1.96. The number of hydrogen-bond donors (Lipinski definition) is 1. The summed E-state index contributed by atoms with van der Waals surface area (Å²) < 4.78 is 1.83. The maximum absolute atomic E-state index is 4.96. The molecule has 2 aromatic rings. The molecule has 0 fully saturated rings. The first kappa shape index (κ1) is 10.0. The smallest absolute Gasteiger partial charge is 0.176 e. The van der Waals surface area contributed by atoms with Gasteiger partial charge < -0.3 is 0 Å². The van der Waals surface area contributed by atoms with Gasteiger partial charge in [-0.25, -0.2) is 0 Å². The lowest BCUT2D eigenvalue weighted by atomic mass is 10.2. The molecular formula is C9H7BrN2S2. The number of H-pyrrole nitrogens is 1. The number of halogens is 1. The van der Waals surface area contributed by atoms with Crippen LogP contribution in [0.1, 0.15) is 10.6 Å². The molecule has 2 rings (SSSR count). The molecule has 0 spiro atoms. The Morgan fingerprint density at radius 1 is 1.36 bits per heavy atom. The van der Waals surface area contributed by atoms with E-state index >= 15 is 0 Å². The summed E-state index contributed by atoms with van der Waals surface area (Å²) in [5.41, 5.74) is 1.24. The second-order valence-electron chi connectivity index (χ2n) is 2.81. The molecular weight excluding hydrogens is 280 g/mol. The first-order valence-corrected chi connectivity index (χ1v) is 6.04. The molecule has 1 aromatic heterocycles. The van der Waals surface area contributed by atoms with E-state index in [1.807, 2.05) is 12.1 Å². The van der Waals surface area contributed by atoms with Crippen LogP contribution >= 0.6 is 39.5 Å². The van der Waals surface area contributed by atoms with Crippen LogP contribution in [-0.4, -0.2) is 10.2 Å². The van der Waals surface area contributed by atoms with Crippen LogP contribution in [-0.2, 0) is 6.42 Å². The number of benzene rings is 1. The van der Waals surface area contributed by atoms with Crippen molar-refractivity contribution in [2.75, 3.05) is 0 Å². The molecule has 2 nitrogen and oxygen atoms in total. The number of hydrogen-bond acceptors (Lipinski definition) is 3. The zero-order chi connectivity index (χ0) is 9.97. The lowest BCUT2D eigenvalue weighted by Crippen LogP contribution is -1.86. The lowest BCUT2D eigenvalue weighted by molar-refractivity contribution is 0.997. The molecule has 0 bridgehead atoms. The minimum atomic E-state index is 0.733. The molecule has 14 heavy (non-hydrogen) atoms. The third-order valence-corrected chi connectivity index (χ3v) is 3.37. The Bertz CT molecular complexity index is 472. The summed E-state index contributed by atoms with van der Waals surface area (Å²) in [6.45, 7) is 0. The van der Waals surface area contributed by atoms with Crippen molar-refractivity contribution >= 4 is 39.5 Å². The van der Waals surface area contributed by atoms with Gasteiger partial charge in [-0.05, 0) is 29.9 Å². The molecule has 0 aliphatic carbocycles. The fourth-order valence-electron chi connectivity index (χ4n) is 1.11. The summed E-state index contributed by atoms with van der Waals surface area (Å²) in [7, 11) is 0. The predicted octanol–water partition coefficient (Wildman–Crippen LogP) is 3.55. The van der Waals surface area contributed by atoms with Gasteiger partial charge in [0.15, 0.2) is 3.95 Å². The zero-order valence-electron chi connectivity index (χ0n) is 7.16. The second kappa shape index (κ2) is 4.33. The standard InChI is InChI=1S/C9H7BrN2S2/c10-7-3-1-6(2-4-7)5-8-11-12-9(13)14-8/h1-4H,5H2,(H,12,13). The highest BCUT2D eigenvalue weighted by Gasteiger charge is 1.99. The van der Waals surface area contributed by atoms with Crippen LogP contribution in [0.2, 0.25) is 0 Å². The van der Waals surface area contributed by atoms with Crippen LogP contribution in [0.15, 0.2) is 28.7 Å². The summed E-state index contributed by atoms with van der Waals surface area (Å²) >= 11 is 9.89. The van der Waals surface area contributed by atoms with Crippen LogP contribution in [0.4, 0.5) is 0 Å². The van der Waals surface area contributed by atoms with Gasteiger partial charge in [0.1, 0.15) is 5.01 Å². The van der Waals surface area contributed by atoms with Crippen molar-refractivity contribution in [1.29, 1.82) is 0 Å². The molecule has 0 aliphatic rings. The number of aromatic nitrogens is 2. The normalized spacial score (nSPS) is 10.4. The molecule has 1 N–H and O–H groups in total. The van der Waals surface area contributed by atoms with E-state index in [1.165, 1.54) is 16.9 Å². The van der Waals surface area contributed by atoms with Gasteiger partial charge in [0, 0.05) is 10.9 Å². The molecule has 0 atom stereocenters. The average molecular weight is 287 g/mol. The fraction of sp³-hybridized carbons (Fsp3) is 0.111. The minimum absolute atomic E-state index is 0.733. The van der Waals surface area contributed by atoms with E-state index in [4.69, 9.17) is 12.2 Å². The van der Waals surface area contributed by atoms with Gasteiger partial charge >= 0.3 is 0 Å². The summed E-state index contributed by atoms with van der Waals surface area (Å²) in [4.78, 5) is 0. The topological polar surface area (TPSA) is 28.7 Å². The molecule has 0 radical (unpaired) electrons. The predicted molar refractivity (Wildman–Crippen MR) is 64.2 cm³/mol. The third-order valence-electron chi connectivity index (χ3n) is 1.75. The van der Waals surface area contributed by atoms with Gasteiger partial charge in [0.25, 0.3) is 0 Å². The monoisotopic (exact) mass is 286 g/mol. The van der Waals surface area contributed by atoms with E-state index in [9.17, 15) is 0 Å². The Hall–Kier alpha value is -0.520. The first-order chi connectivity index (χ1) is 6.74. The van der Waals surface area contributed by atoms with Gasteiger partial charge in [0.05, 0.1) is 0 Å². The van der Waals surface area contributed by atoms with Crippen LogP contribution in [0.5, 0.6) is 0 Å². The van der Waals surface area contributed by atoms with Gasteiger partial charge in [-0.15, -0.1) is 0 Å². The van der Waals surface area contributed by atoms with Crippen LogP contribution in [0.3, 0.4) is 0 Å². The number of aromatic amines is 1. The number of nitrogens with one attached hydrogen (secondary N) is 1. The molecule has 0 unspecified atom stereocenters. The molecule has 1 heterocycles. The largest absolute Gasteiger partial charge is 0.258 e. The van der Waals surface area contributed by atoms with Crippen molar-refractivity contribution < 1.29 is 0 Å². The van der Waals surface area contributed by atoms with E-state index in [0.29, 0.717) is 0 Å². The minimum Gasteiger partial charge on any atom is -0.258 e. The van der Waals surface area contributed by atoms with E-state index in [-0.39, 0.29) is 0 Å². The zero-order valence-corrected chi connectivity index (χ0v) is 10.4. The van der Waals surface area contributed by atoms with Gasteiger partial charge in [0.2, 0.25) is 0 Å².